The zero-order valence-corrected chi connectivity index (χ0v) is 16.5. The molecule has 0 aliphatic carbocycles. The number of aromatic hydroxyl groups is 1. The number of hydrogen-bond acceptors (Lipinski definition) is 4. The van der Waals surface area contributed by atoms with Crippen molar-refractivity contribution in [3.8, 4) is 11.6 Å². The second-order valence-electron chi connectivity index (χ2n) is 6.97. The molecule has 2 N–H and O–H groups in total. The number of azo groups is 1. The molecule has 0 saturated carbocycles. The molecule has 4 rings (SSSR count). The van der Waals surface area contributed by atoms with Crippen LogP contribution in [0.1, 0.15) is 16.7 Å². The highest BCUT2D eigenvalue weighted by Crippen LogP contribution is 2.36. The van der Waals surface area contributed by atoms with Gasteiger partial charge in [0, 0.05) is 11.8 Å². The summed E-state index contributed by atoms with van der Waals surface area (Å²) >= 11 is 0. The quantitative estimate of drug-likeness (QED) is 0.422. The maximum absolute atomic E-state index is 12.2. The van der Waals surface area contributed by atoms with Crippen LogP contribution in [0.2, 0.25) is 0 Å². The monoisotopic (exact) mass is 399 g/mol. The molecule has 30 heavy (non-hydrogen) atoms. The van der Waals surface area contributed by atoms with Crippen molar-refractivity contribution >= 4 is 22.5 Å². The van der Waals surface area contributed by atoms with Gasteiger partial charge >= 0.3 is 5.91 Å². The zero-order valence-electron chi connectivity index (χ0n) is 16.5. The second kappa shape index (κ2) is 8.61. The molecule has 0 aliphatic rings. The first-order valence-corrected chi connectivity index (χ1v) is 9.61. The fourth-order valence-corrected chi connectivity index (χ4v) is 3.32. The topological polar surface area (TPSA) is 87.0 Å². The predicted octanol–water partition coefficient (Wildman–Crippen LogP) is 5.46. The van der Waals surface area contributed by atoms with Crippen molar-refractivity contribution in [2.75, 3.05) is 6.61 Å². The standard InChI is InChI=1S/C24H21N3O3/c1-16-8-7-12-19-22(16)25-24(29)23(19)27-26-21(28)15-30-20-13-6-5-11-18(20)14-17-9-3-2-4-10-17/h2-13,25,29H,14-15H2,1H3. The number of nitrogens with one attached hydrogen (secondary N) is 1. The molecule has 0 fully saturated rings. The number of ether oxygens (including phenoxy) is 1. The van der Waals surface area contributed by atoms with E-state index in [1.165, 1.54) is 0 Å². The number of rotatable bonds is 6. The summed E-state index contributed by atoms with van der Waals surface area (Å²) in [5, 5.41) is 18.5. The summed E-state index contributed by atoms with van der Waals surface area (Å²) in [6, 6.07) is 23.2. The summed E-state index contributed by atoms with van der Waals surface area (Å²) in [6.07, 6.45) is 0.704. The van der Waals surface area contributed by atoms with Crippen LogP contribution in [-0.2, 0) is 11.2 Å². The molecule has 3 aromatic carbocycles. The van der Waals surface area contributed by atoms with E-state index in [9.17, 15) is 9.90 Å². The largest absolute Gasteiger partial charge is 0.493 e. The van der Waals surface area contributed by atoms with E-state index in [-0.39, 0.29) is 18.2 Å². The minimum Gasteiger partial charge on any atom is -0.493 e. The number of aromatic nitrogens is 1. The molecular formula is C24H21N3O3. The van der Waals surface area contributed by atoms with Gasteiger partial charge in [0.2, 0.25) is 5.88 Å². The number of amides is 1. The van der Waals surface area contributed by atoms with Crippen molar-refractivity contribution in [1.29, 1.82) is 0 Å². The summed E-state index contributed by atoms with van der Waals surface area (Å²) in [7, 11) is 0. The van der Waals surface area contributed by atoms with Crippen LogP contribution in [0, 0.1) is 6.92 Å². The normalized spacial score (nSPS) is 11.2. The fourth-order valence-electron chi connectivity index (χ4n) is 3.32. The summed E-state index contributed by atoms with van der Waals surface area (Å²) in [6.45, 7) is 1.68. The van der Waals surface area contributed by atoms with E-state index in [4.69, 9.17) is 4.74 Å². The van der Waals surface area contributed by atoms with Gasteiger partial charge in [0.1, 0.15) is 5.75 Å². The van der Waals surface area contributed by atoms with Gasteiger partial charge in [-0.05, 0) is 29.7 Å². The Morgan fingerprint density at radius 2 is 1.77 bits per heavy atom. The number of hydrogen-bond donors (Lipinski definition) is 2. The summed E-state index contributed by atoms with van der Waals surface area (Å²) in [5.74, 6) is -0.0219. The van der Waals surface area contributed by atoms with E-state index < -0.39 is 5.91 Å². The molecule has 0 saturated heterocycles. The van der Waals surface area contributed by atoms with Crippen LogP contribution in [0.3, 0.4) is 0 Å². The van der Waals surface area contributed by atoms with E-state index in [1.807, 2.05) is 79.7 Å². The molecule has 1 aromatic heterocycles. The lowest BCUT2D eigenvalue weighted by Crippen LogP contribution is -2.09. The van der Waals surface area contributed by atoms with E-state index in [1.54, 1.807) is 0 Å². The van der Waals surface area contributed by atoms with Crippen molar-refractivity contribution in [2.24, 2.45) is 10.2 Å². The number of aryl methyl sites for hydroxylation is 1. The average molecular weight is 399 g/mol. The molecule has 1 amide bonds. The highest BCUT2D eigenvalue weighted by molar-refractivity contribution is 5.96. The number of aromatic amines is 1. The molecule has 0 spiro atoms. The Kier molecular flexibility index (Phi) is 5.57. The fraction of sp³-hybridized carbons (Fsp3) is 0.125. The van der Waals surface area contributed by atoms with Gasteiger partial charge in [-0.3, -0.25) is 4.79 Å². The molecule has 6 nitrogen and oxygen atoms in total. The Hall–Kier alpha value is -3.93. The Bertz CT molecular complexity index is 1210. The third-order valence-corrected chi connectivity index (χ3v) is 4.82. The Labute approximate surface area is 173 Å². The van der Waals surface area contributed by atoms with Gasteiger partial charge in [-0.1, -0.05) is 66.7 Å². The maximum Gasteiger partial charge on any atom is 0.302 e. The molecular weight excluding hydrogens is 378 g/mol. The molecule has 0 unspecified atom stereocenters. The van der Waals surface area contributed by atoms with Gasteiger partial charge in [-0.25, -0.2) is 0 Å². The van der Waals surface area contributed by atoms with Crippen LogP contribution in [0.15, 0.2) is 83.0 Å². The van der Waals surface area contributed by atoms with Crippen LogP contribution in [-0.4, -0.2) is 22.6 Å². The highest BCUT2D eigenvalue weighted by Gasteiger charge is 2.13. The third-order valence-electron chi connectivity index (χ3n) is 4.82. The van der Waals surface area contributed by atoms with Crippen molar-refractivity contribution in [3.63, 3.8) is 0 Å². The number of nitrogens with zero attached hydrogens (tertiary/aromatic N) is 2. The van der Waals surface area contributed by atoms with E-state index in [0.717, 1.165) is 22.2 Å². The Morgan fingerprint density at radius 3 is 2.60 bits per heavy atom. The van der Waals surface area contributed by atoms with Crippen LogP contribution >= 0.6 is 0 Å². The molecule has 1 heterocycles. The smallest absolute Gasteiger partial charge is 0.302 e. The number of benzene rings is 3. The summed E-state index contributed by atoms with van der Waals surface area (Å²) in [4.78, 5) is 15.1. The molecule has 0 aliphatic heterocycles. The number of carbonyl (C=O) groups excluding carboxylic acids is 1. The molecule has 6 heteroatoms. The lowest BCUT2D eigenvalue weighted by molar-refractivity contribution is -0.120. The van der Waals surface area contributed by atoms with Crippen LogP contribution < -0.4 is 4.74 Å². The van der Waals surface area contributed by atoms with Crippen LogP contribution in [0.25, 0.3) is 10.9 Å². The van der Waals surface area contributed by atoms with Crippen LogP contribution in [0.5, 0.6) is 11.6 Å². The summed E-state index contributed by atoms with van der Waals surface area (Å²) in [5.41, 5.74) is 4.12. The number of H-pyrrole nitrogens is 1. The zero-order chi connectivity index (χ0) is 20.9. The Morgan fingerprint density at radius 1 is 1.00 bits per heavy atom. The third kappa shape index (κ3) is 4.22. The lowest BCUT2D eigenvalue weighted by Gasteiger charge is -2.10. The van der Waals surface area contributed by atoms with Gasteiger partial charge in [0.15, 0.2) is 12.3 Å². The average Bonchev–Trinajstić information content (AvgIpc) is 3.09. The van der Waals surface area contributed by atoms with E-state index in [0.29, 0.717) is 17.6 Å². The first-order chi connectivity index (χ1) is 14.6. The van der Waals surface area contributed by atoms with Gasteiger partial charge in [-0.15, -0.1) is 10.2 Å². The number of para-hydroxylation sites is 2. The van der Waals surface area contributed by atoms with Crippen molar-refractivity contribution in [1.82, 2.24) is 4.98 Å². The molecule has 4 aromatic rings. The summed E-state index contributed by atoms with van der Waals surface area (Å²) < 4.78 is 5.70. The Balaban J connectivity index is 1.45. The van der Waals surface area contributed by atoms with Gasteiger partial charge in [0.25, 0.3) is 0 Å². The van der Waals surface area contributed by atoms with Crippen molar-refractivity contribution in [2.45, 2.75) is 13.3 Å². The van der Waals surface area contributed by atoms with Crippen molar-refractivity contribution in [3.05, 3.63) is 89.5 Å². The predicted molar refractivity (Wildman–Crippen MR) is 115 cm³/mol. The minimum absolute atomic E-state index is 0.120. The first kappa shape index (κ1) is 19.4. The molecule has 0 atom stereocenters. The molecule has 0 bridgehead atoms. The van der Waals surface area contributed by atoms with Gasteiger partial charge < -0.3 is 14.8 Å². The lowest BCUT2D eigenvalue weighted by atomic mass is 10.0. The van der Waals surface area contributed by atoms with E-state index >= 15 is 0 Å². The molecule has 150 valence electrons. The van der Waals surface area contributed by atoms with E-state index in [2.05, 4.69) is 15.2 Å². The minimum atomic E-state index is -0.536. The number of carbonyl (C=O) groups is 1. The van der Waals surface area contributed by atoms with Gasteiger partial charge in [0.05, 0.1) is 5.52 Å². The number of fused-ring (bicyclic) bond motifs is 1. The van der Waals surface area contributed by atoms with Crippen molar-refractivity contribution < 1.29 is 14.6 Å². The highest BCUT2D eigenvalue weighted by atomic mass is 16.5. The maximum atomic E-state index is 12.2. The van der Waals surface area contributed by atoms with Gasteiger partial charge in [-0.2, -0.15) is 0 Å². The second-order valence-corrected chi connectivity index (χ2v) is 6.97. The first-order valence-electron chi connectivity index (χ1n) is 9.61. The van der Waals surface area contributed by atoms with Crippen LogP contribution in [0.4, 0.5) is 5.69 Å². The molecule has 0 radical (unpaired) electrons. The SMILES string of the molecule is Cc1cccc2c(N=NC(=O)COc3ccccc3Cc3ccccc3)c(O)[nH]c12.